The van der Waals surface area contributed by atoms with Crippen LogP contribution < -0.4 is 4.72 Å². The highest BCUT2D eigenvalue weighted by Crippen LogP contribution is 2.30. The Morgan fingerprint density at radius 3 is 2.67 bits per heavy atom. The Labute approximate surface area is 134 Å². The van der Waals surface area contributed by atoms with Crippen molar-refractivity contribution in [3.63, 3.8) is 0 Å². The highest BCUT2D eigenvalue weighted by atomic mass is 79.9. The molecular formula is C12H11BrN2O4S2. The van der Waals surface area contributed by atoms with Crippen LogP contribution in [0.3, 0.4) is 0 Å². The molecule has 0 aliphatic heterocycles. The van der Waals surface area contributed by atoms with E-state index in [0.29, 0.717) is 5.56 Å². The largest absolute Gasteiger partial charge is 0.477 e. The van der Waals surface area contributed by atoms with Crippen molar-refractivity contribution < 1.29 is 18.3 Å². The van der Waals surface area contributed by atoms with E-state index in [9.17, 15) is 13.2 Å². The molecular weight excluding hydrogens is 380 g/mol. The summed E-state index contributed by atoms with van der Waals surface area (Å²) in [6.45, 7) is 1.86. The number of aryl methyl sites for hydroxylation is 1. The summed E-state index contributed by atoms with van der Waals surface area (Å²) in [6.07, 6.45) is 1.33. The van der Waals surface area contributed by atoms with Crippen LogP contribution in [0.25, 0.3) is 0 Å². The number of nitrogens with zero attached hydrogens (tertiary/aromatic N) is 1. The van der Waals surface area contributed by atoms with E-state index in [1.54, 1.807) is 6.07 Å². The van der Waals surface area contributed by atoms with Crippen LogP contribution in [0.5, 0.6) is 0 Å². The van der Waals surface area contributed by atoms with Gasteiger partial charge in [0.25, 0.3) is 0 Å². The number of aromatic carboxylic acids is 1. The third-order valence-electron chi connectivity index (χ3n) is 2.61. The zero-order valence-corrected chi connectivity index (χ0v) is 14.0. The van der Waals surface area contributed by atoms with Crippen molar-refractivity contribution in [1.29, 1.82) is 0 Å². The fourth-order valence-corrected chi connectivity index (χ4v) is 4.76. The Bertz CT molecular complexity index is 750. The standard InChI is InChI=1S/C12H11BrN2O4S2/c1-7-4-10(20-11(7)13)21(18,19)15-6-8-2-3-9(12(16)17)14-5-8/h2-5,15H,6H2,1H3,(H,16,17). The van der Waals surface area contributed by atoms with E-state index in [1.165, 1.54) is 18.3 Å². The molecule has 21 heavy (non-hydrogen) atoms. The molecule has 2 heterocycles. The zero-order chi connectivity index (χ0) is 15.6. The number of thiophene rings is 1. The van der Waals surface area contributed by atoms with Crippen molar-refractivity contribution >= 4 is 43.3 Å². The van der Waals surface area contributed by atoms with Gasteiger partial charge in [0, 0.05) is 12.7 Å². The summed E-state index contributed by atoms with van der Waals surface area (Å²) in [5, 5.41) is 8.73. The SMILES string of the molecule is Cc1cc(S(=O)(=O)NCc2ccc(C(=O)O)nc2)sc1Br. The molecule has 0 aromatic carbocycles. The smallest absolute Gasteiger partial charge is 0.354 e. The first-order valence-corrected chi connectivity index (χ1v) is 8.82. The molecule has 0 unspecified atom stereocenters. The van der Waals surface area contributed by atoms with Gasteiger partial charge in [0.1, 0.15) is 9.90 Å². The number of sulfonamides is 1. The quantitative estimate of drug-likeness (QED) is 0.816. The monoisotopic (exact) mass is 390 g/mol. The molecule has 0 spiro atoms. The fraction of sp³-hybridized carbons (Fsp3) is 0.167. The van der Waals surface area contributed by atoms with Gasteiger partial charge in [-0.05, 0) is 46.1 Å². The average molecular weight is 391 g/mol. The Balaban J connectivity index is 2.09. The maximum atomic E-state index is 12.1. The van der Waals surface area contributed by atoms with E-state index in [2.05, 4.69) is 25.6 Å². The summed E-state index contributed by atoms with van der Waals surface area (Å²) >= 11 is 4.42. The minimum Gasteiger partial charge on any atom is -0.477 e. The third-order valence-corrected chi connectivity index (χ3v) is 6.62. The van der Waals surface area contributed by atoms with Crippen molar-refractivity contribution in [3.8, 4) is 0 Å². The lowest BCUT2D eigenvalue weighted by Gasteiger charge is -2.04. The van der Waals surface area contributed by atoms with Crippen molar-refractivity contribution in [2.45, 2.75) is 17.7 Å². The predicted molar refractivity (Wildman–Crippen MR) is 82.0 cm³/mol. The molecule has 2 aromatic rings. The second-order valence-electron chi connectivity index (χ2n) is 4.20. The van der Waals surface area contributed by atoms with Crippen LogP contribution in [0.2, 0.25) is 0 Å². The molecule has 0 amide bonds. The number of rotatable bonds is 5. The number of carboxylic acid groups (broad SMARTS) is 1. The van der Waals surface area contributed by atoms with Crippen molar-refractivity contribution in [2.75, 3.05) is 0 Å². The van der Waals surface area contributed by atoms with Crippen LogP contribution in [0, 0.1) is 6.92 Å². The predicted octanol–water partition coefficient (Wildman–Crippen LogP) is 2.39. The number of carbonyl (C=O) groups is 1. The Hall–Kier alpha value is -1.29. The number of carboxylic acids is 1. The number of hydrogen-bond acceptors (Lipinski definition) is 5. The zero-order valence-electron chi connectivity index (χ0n) is 10.8. The van der Waals surface area contributed by atoms with Gasteiger partial charge >= 0.3 is 5.97 Å². The lowest BCUT2D eigenvalue weighted by atomic mass is 10.2. The van der Waals surface area contributed by atoms with Crippen LogP contribution in [-0.2, 0) is 16.6 Å². The number of aromatic nitrogens is 1. The van der Waals surface area contributed by atoms with E-state index < -0.39 is 16.0 Å². The van der Waals surface area contributed by atoms with E-state index >= 15 is 0 Å². The van der Waals surface area contributed by atoms with E-state index in [0.717, 1.165) is 20.7 Å². The summed E-state index contributed by atoms with van der Waals surface area (Å²) in [4.78, 5) is 14.4. The number of hydrogen-bond donors (Lipinski definition) is 2. The number of halogens is 1. The Kier molecular flexibility index (Phi) is 4.77. The van der Waals surface area contributed by atoms with Gasteiger partial charge in [-0.3, -0.25) is 0 Å². The first-order valence-electron chi connectivity index (χ1n) is 5.73. The minimum atomic E-state index is -3.59. The van der Waals surface area contributed by atoms with Gasteiger partial charge in [0.15, 0.2) is 0 Å². The fourth-order valence-electron chi connectivity index (χ4n) is 1.47. The van der Waals surface area contributed by atoms with Crippen LogP contribution in [0.4, 0.5) is 0 Å². The van der Waals surface area contributed by atoms with Crippen molar-refractivity contribution in [3.05, 3.63) is 45.0 Å². The van der Waals surface area contributed by atoms with Crippen LogP contribution >= 0.6 is 27.3 Å². The normalized spacial score (nSPS) is 11.5. The van der Waals surface area contributed by atoms with Gasteiger partial charge in [-0.1, -0.05) is 6.07 Å². The molecule has 9 heteroatoms. The number of nitrogens with one attached hydrogen (secondary N) is 1. The maximum absolute atomic E-state index is 12.1. The van der Waals surface area contributed by atoms with Crippen LogP contribution in [-0.4, -0.2) is 24.5 Å². The molecule has 0 aliphatic rings. The lowest BCUT2D eigenvalue weighted by molar-refractivity contribution is 0.0690. The molecule has 6 nitrogen and oxygen atoms in total. The van der Waals surface area contributed by atoms with E-state index in [1.807, 2.05) is 6.92 Å². The molecule has 0 bridgehead atoms. The Morgan fingerprint density at radius 2 is 2.19 bits per heavy atom. The summed E-state index contributed by atoms with van der Waals surface area (Å²) in [5.41, 5.74) is 1.35. The minimum absolute atomic E-state index is 0.0454. The number of pyridine rings is 1. The molecule has 2 N–H and O–H groups in total. The van der Waals surface area contributed by atoms with Crippen molar-refractivity contribution in [2.24, 2.45) is 0 Å². The maximum Gasteiger partial charge on any atom is 0.354 e. The average Bonchev–Trinajstić information content (AvgIpc) is 2.78. The molecule has 0 saturated heterocycles. The molecule has 0 saturated carbocycles. The summed E-state index contributed by atoms with van der Waals surface area (Å²) < 4.78 is 27.7. The Morgan fingerprint density at radius 1 is 1.48 bits per heavy atom. The third kappa shape index (κ3) is 3.88. The van der Waals surface area contributed by atoms with Gasteiger partial charge in [-0.15, -0.1) is 11.3 Å². The van der Waals surface area contributed by atoms with Crippen LogP contribution in [0.15, 0.2) is 32.4 Å². The topological polar surface area (TPSA) is 96.4 Å². The summed E-state index contributed by atoms with van der Waals surface area (Å²) in [6, 6.07) is 4.44. The highest BCUT2D eigenvalue weighted by Gasteiger charge is 2.18. The van der Waals surface area contributed by atoms with Gasteiger partial charge in [-0.2, -0.15) is 0 Å². The second kappa shape index (κ2) is 6.22. The van der Waals surface area contributed by atoms with Gasteiger partial charge in [0.2, 0.25) is 10.0 Å². The van der Waals surface area contributed by atoms with Crippen LogP contribution in [0.1, 0.15) is 21.6 Å². The molecule has 112 valence electrons. The molecule has 0 aliphatic carbocycles. The van der Waals surface area contributed by atoms with E-state index in [4.69, 9.17) is 5.11 Å². The summed E-state index contributed by atoms with van der Waals surface area (Å²) in [5.74, 6) is -1.12. The molecule has 2 rings (SSSR count). The first-order chi connectivity index (χ1) is 9.79. The molecule has 2 aromatic heterocycles. The van der Waals surface area contributed by atoms with Gasteiger partial charge in [-0.25, -0.2) is 22.9 Å². The molecule has 0 radical (unpaired) electrons. The second-order valence-corrected chi connectivity index (χ2v) is 8.57. The lowest BCUT2D eigenvalue weighted by Crippen LogP contribution is -2.22. The van der Waals surface area contributed by atoms with Crippen molar-refractivity contribution in [1.82, 2.24) is 9.71 Å². The molecule has 0 fully saturated rings. The summed E-state index contributed by atoms with van der Waals surface area (Å²) in [7, 11) is -3.59. The van der Waals surface area contributed by atoms with Gasteiger partial charge < -0.3 is 5.11 Å². The van der Waals surface area contributed by atoms with E-state index in [-0.39, 0.29) is 16.4 Å². The molecule has 0 atom stereocenters. The van der Waals surface area contributed by atoms with Gasteiger partial charge in [0.05, 0.1) is 3.79 Å². The first kappa shape index (κ1) is 16.1. The highest BCUT2D eigenvalue weighted by molar-refractivity contribution is 9.11.